The van der Waals surface area contributed by atoms with Gasteiger partial charge in [-0.3, -0.25) is 0 Å². The number of rotatable bonds is 6. The van der Waals surface area contributed by atoms with E-state index in [1.165, 1.54) is 11.4 Å². The van der Waals surface area contributed by atoms with Crippen molar-refractivity contribution >= 4 is 45.9 Å². The minimum Gasteiger partial charge on any atom is -0.363 e. The van der Waals surface area contributed by atoms with E-state index in [1.807, 2.05) is 17.5 Å². The fourth-order valence-electron chi connectivity index (χ4n) is 2.36. The molecule has 0 aliphatic carbocycles. The van der Waals surface area contributed by atoms with E-state index in [2.05, 4.69) is 15.4 Å². The predicted molar refractivity (Wildman–Crippen MR) is 93.5 cm³/mol. The van der Waals surface area contributed by atoms with Crippen LogP contribution in [0.15, 0.2) is 17.5 Å². The summed E-state index contributed by atoms with van der Waals surface area (Å²) in [4.78, 5) is 5.13. The number of hydrogen-bond acceptors (Lipinski definition) is 4. The number of halogens is 4. The van der Waals surface area contributed by atoms with E-state index >= 15 is 0 Å². The zero-order valence-electron chi connectivity index (χ0n) is 12.7. The third kappa shape index (κ3) is 3.48. The number of hydrogen-bond donors (Lipinski definition) is 1. The van der Waals surface area contributed by atoms with E-state index in [-0.39, 0.29) is 40.2 Å². The maximum atomic E-state index is 14.8. The summed E-state index contributed by atoms with van der Waals surface area (Å²) in [5.74, 6) is -0.298. The van der Waals surface area contributed by atoms with E-state index in [0.717, 1.165) is 4.88 Å². The molecule has 0 aliphatic heterocycles. The number of anilines is 1. The van der Waals surface area contributed by atoms with Crippen LogP contribution in [0.25, 0.3) is 5.52 Å². The van der Waals surface area contributed by atoms with Gasteiger partial charge in [-0.1, -0.05) is 17.7 Å². The van der Waals surface area contributed by atoms with Crippen molar-refractivity contribution in [2.45, 2.75) is 32.5 Å². The molecule has 3 aromatic rings. The van der Waals surface area contributed by atoms with E-state index in [4.69, 9.17) is 23.2 Å². The third-order valence-corrected chi connectivity index (χ3v) is 4.96. The lowest BCUT2D eigenvalue weighted by Gasteiger charge is -2.07. The molecule has 0 amide bonds. The molecule has 3 rings (SSSR count). The van der Waals surface area contributed by atoms with Gasteiger partial charge in [0.1, 0.15) is 10.7 Å². The fraction of sp³-hybridized carbons (Fsp3) is 0.333. The average Bonchev–Trinajstić information content (AvgIpc) is 3.12. The molecule has 0 aromatic carbocycles. The number of nitrogens with one attached hydrogen (secondary N) is 1. The van der Waals surface area contributed by atoms with Gasteiger partial charge in [-0.05, 0) is 42.8 Å². The maximum absolute atomic E-state index is 14.8. The van der Waals surface area contributed by atoms with Gasteiger partial charge < -0.3 is 5.32 Å². The van der Waals surface area contributed by atoms with Gasteiger partial charge >= 0.3 is 0 Å². The zero-order valence-corrected chi connectivity index (χ0v) is 15.0. The monoisotopic (exact) mass is 390 g/mol. The molecule has 24 heavy (non-hydrogen) atoms. The van der Waals surface area contributed by atoms with Crippen molar-refractivity contribution < 1.29 is 8.78 Å². The van der Waals surface area contributed by atoms with Crippen LogP contribution in [0.5, 0.6) is 0 Å². The lowest BCUT2D eigenvalue weighted by Crippen LogP contribution is -2.05. The van der Waals surface area contributed by atoms with Crippen LogP contribution in [-0.2, 0) is 13.0 Å². The quantitative estimate of drug-likeness (QED) is 0.633. The summed E-state index contributed by atoms with van der Waals surface area (Å²) in [6.07, 6.45) is -0.699. The lowest BCUT2D eigenvalue weighted by atomic mass is 10.1. The smallest absolute Gasteiger partial charge is 0.243 e. The molecule has 0 saturated carbocycles. The molecule has 0 bridgehead atoms. The molecule has 9 heteroatoms. The van der Waals surface area contributed by atoms with Gasteiger partial charge in [0.05, 0.1) is 12.7 Å². The number of alkyl halides is 1. The highest BCUT2D eigenvalue weighted by Gasteiger charge is 2.23. The first kappa shape index (κ1) is 17.4. The Hall–Kier alpha value is -1.44. The summed E-state index contributed by atoms with van der Waals surface area (Å²) in [5.41, 5.74) is 0.333. The second-order valence-electron chi connectivity index (χ2n) is 5.33. The van der Waals surface area contributed by atoms with Gasteiger partial charge in [0.25, 0.3) is 0 Å². The molecule has 1 unspecified atom stereocenters. The molecule has 3 aromatic heterocycles. The molecule has 0 spiro atoms. The largest absolute Gasteiger partial charge is 0.363 e. The Bertz CT molecular complexity index is 849. The first-order chi connectivity index (χ1) is 11.5. The van der Waals surface area contributed by atoms with Crippen molar-refractivity contribution in [1.29, 1.82) is 0 Å². The summed E-state index contributed by atoms with van der Waals surface area (Å²) in [6.45, 7) is 1.89. The van der Waals surface area contributed by atoms with Crippen molar-refractivity contribution in [3.05, 3.63) is 44.2 Å². The van der Waals surface area contributed by atoms with Crippen LogP contribution in [0.3, 0.4) is 0 Å². The number of aromatic nitrogens is 3. The van der Waals surface area contributed by atoms with Gasteiger partial charge in [0.15, 0.2) is 11.6 Å². The summed E-state index contributed by atoms with van der Waals surface area (Å²) >= 11 is 13.7. The first-order valence-corrected chi connectivity index (χ1v) is 8.93. The molecule has 3 heterocycles. The molecule has 4 nitrogen and oxygen atoms in total. The first-order valence-electron chi connectivity index (χ1n) is 7.29. The topological polar surface area (TPSA) is 42.2 Å². The Morgan fingerprint density at radius 1 is 1.42 bits per heavy atom. The Morgan fingerprint density at radius 3 is 2.88 bits per heavy atom. The van der Waals surface area contributed by atoms with Crippen molar-refractivity contribution in [2.75, 3.05) is 5.32 Å². The summed E-state index contributed by atoms with van der Waals surface area (Å²) in [5, 5.41) is 9.00. The highest BCUT2D eigenvalue weighted by Crippen LogP contribution is 2.31. The SMILES string of the molecule is CC(F)CCc1c(F)c2c(NCc3cccs3)nc(Cl)nn2c1Cl. The van der Waals surface area contributed by atoms with E-state index in [0.29, 0.717) is 6.54 Å². The molecular formula is C15H14Cl2F2N4S. The summed E-state index contributed by atoms with van der Waals surface area (Å²) in [7, 11) is 0. The van der Waals surface area contributed by atoms with Crippen LogP contribution in [-0.4, -0.2) is 20.8 Å². The Morgan fingerprint density at radius 2 is 2.21 bits per heavy atom. The molecule has 0 aliphatic rings. The standard InChI is InChI=1S/C15H14Cl2F2N4S/c1-8(18)4-5-10-11(19)12-14(20-7-9-3-2-6-24-9)21-15(17)22-23(12)13(10)16/h2-3,6,8H,4-5,7H2,1H3,(H,20,21,22). The summed E-state index contributed by atoms with van der Waals surface area (Å²) < 4.78 is 29.1. The minimum absolute atomic E-state index is 0.0570. The second-order valence-corrected chi connectivity index (χ2v) is 7.05. The molecule has 0 radical (unpaired) electrons. The maximum Gasteiger partial charge on any atom is 0.243 e. The number of thiophene rings is 1. The van der Waals surface area contributed by atoms with Crippen molar-refractivity contribution in [1.82, 2.24) is 14.6 Å². The molecule has 128 valence electrons. The van der Waals surface area contributed by atoms with Crippen LogP contribution < -0.4 is 5.32 Å². The molecule has 0 saturated heterocycles. The second kappa shape index (κ2) is 7.21. The van der Waals surface area contributed by atoms with E-state index in [1.54, 1.807) is 11.3 Å². The number of fused-ring (bicyclic) bond motifs is 1. The van der Waals surface area contributed by atoms with Gasteiger partial charge in [-0.25, -0.2) is 13.3 Å². The van der Waals surface area contributed by atoms with Gasteiger partial charge in [-0.2, -0.15) is 4.98 Å². The van der Waals surface area contributed by atoms with Crippen LogP contribution in [0.4, 0.5) is 14.6 Å². The Labute approximate surface area is 151 Å². The Kier molecular flexibility index (Phi) is 5.22. The highest BCUT2D eigenvalue weighted by molar-refractivity contribution is 7.09. The minimum atomic E-state index is -1.05. The zero-order chi connectivity index (χ0) is 17.3. The van der Waals surface area contributed by atoms with Crippen LogP contribution in [0.1, 0.15) is 23.8 Å². The molecule has 1 atom stereocenters. The van der Waals surface area contributed by atoms with E-state index in [9.17, 15) is 8.78 Å². The predicted octanol–water partition coefficient (Wildman–Crippen LogP) is 5.14. The average molecular weight is 391 g/mol. The fourth-order valence-corrected chi connectivity index (χ4v) is 3.47. The van der Waals surface area contributed by atoms with Crippen molar-refractivity contribution in [3.63, 3.8) is 0 Å². The van der Waals surface area contributed by atoms with Crippen LogP contribution >= 0.6 is 34.5 Å². The summed E-state index contributed by atoms with van der Waals surface area (Å²) in [6, 6.07) is 3.88. The molecule has 0 fully saturated rings. The van der Waals surface area contributed by atoms with Crippen molar-refractivity contribution in [2.24, 2.45) is 0 Å². The van der Waals surface area contributed by atoms with Crippen LogP contribution in [0.2, 0.25) is 10.4 Å². The van der Waals surface area contributed by atoms with Gasteiger partial charge in [-0.15, -0.1) is 16.4 Å². The molecule has 1 N–H and O–H groups in total. The van der Waals surface area contributed by atoms with Crippen molar-refractivity contribution in [3.8, 4) is 0 Å². The van der Waals surface area contributed by atoms with Crippen LogP contribution in [0, 0.1) is 5.82 Å². The normalized spacial score (nSPS) is 12.7. The van der Waals surface area contributed by atoms with E-state index < -0.39 is 12.0 Å². The highest BCUT2D eigenvalue weighted by atomic mass is 35.5. The third-order valence-electron chi connectivity index (χ3n) is 3.53. The number of nitrogens with zero attached hydrogens (tertiary/aromatic N) is 3. The molecular weight excluding hydrogens is 377 g/mol. The van der Waals surface area contributed by atoms with Gasteiger partial charge in [0.2, 0.25) is 5.28 Å². The lowest BCUT2D eigenvalue weighted by molar-refractivity contribution is 0.340. The van der Waals surface area contributed by atoms with Gasteiger partial charge in [0, 0.05) is 10.4 Å². The Balaban J connectivity index is 2.00.